The highest BCUT2D eigenvalue weighted by atomic mass is 16.7. The molecule has 0 rings (SSSR count). The van der Waals surface area contributed by atoms with Crippen molar-refractivity contribution in [3.8, 4) is 0 Å². The largest absolute Gasteiger partial charge is 0.394 e. The van der Waals surface area contributed by atoms with Gasteiger partial charge in [-0.1, -0.05) is 0 Å². The Morgan fingerprint density at radius 2 is 1.14 bits per heavy atom. The topological polar surface area (TPSA) is 118 Å². The number of aliphatic hydroxyl groups is 2. The highest BCUT2D eigenvalue weighted by Crippen LogP contribution is 2.10. The highest BCUT2D eigenvalue weighted by Gasteiger charge is 2.39. The number of hydrogen-bond acceptors (Lipinski definition) is 10. The first-order chi connectivity index (χ1) is 10.3. The van der Waals surface area contributed by atoms with Crippen molar-refractivity contribution in [2.75, 3.05) is 54.6 Å². The minimum absolute atomic E-state index is 0.207. The molecule has 0 radical (unpaired) electrons. The Labute approximate surface area is 129 Å². The van der Waals surface area contributed by atoms with Gasteiger partial charge in [-0.2, -0.15) is 0 Å². The molecule has 0 bridgehead atoms. The second-order valence-corrected chi connectivity index (χ2v) is 4.48. The third-order valence-corrected chi connectivity index (χ3v) is 2.06. The van der Waals surface area contributed by atoms with Crippen molar-refractivity contribution in [3.05, 3.63) is 0 Å². The van der Waals surface area contributed by atoms with Crippen molar-refractivity contribution in [2.45, 2.75) is 12.2 Å². The number of hydrogen-bond donors (Lipinski definition) is 2. The van der Waals surface area contributed by atoms with Crippen LogP contribution in [-0.2, 0) is 28.7 Å². The fourth-order valence-electron chi connectivity index (χ4n) is 1.38. The molecule has 0 aromatic carbocycles. The SMILES string of the molecule is CN(C)OC(=O)[C@H](OCCO)[C@@H](OCCO)C(=O)ON(C)C. The molecule has 0 aliphatic heterocycles. The van der Waals surface area contributed by atoms with Gasteiger partial charge in [0.2, 0.25) is 0 Å². The van der Waals surface area contributed by atoms with Gasteiger partial charge in [0, 0.05) is 28.2 Å². The van der Waals surface area contributed by atoms with Gasteiger partial charge >= 0.3 is 11.9 Å². The molecule has 0 spiro atoms. The molecular weight excluding hydrogens is 300 g/mol. The van der Waals surface area contributed by atoms with Crippen molar-refractivity contribution in [1.82, 2.24) is 10.1 Å². The molecule has 22 heavy (non-hydrogen) atoms. The van der Waals surface area contributed by atoms with E-state index in [0.29, 0.717) is 0 Å². The third kappa shape index (κ3) is 8.22. The van der Waals surface area contributed by atoms with E-state index in [1.807, 2.05) is 0 Å². The van der Waals surface area contributed by atoms with E-state index in [2.05, 4.69) is 0 Å². The number of aliphatic hydroxyl groups excluding tert-OH is 2. The Morgan fingerprint density at radius 3 is 1.36 bits per heavy atom. The highest BCUT2D eigenvalue weighted by molar-refractivity contribution is 5.85. The fourth-order valence-corrected chi connectivity index (χ4v) is 1.38. The minimum Gasteiger partial charge on any atom is -0.394 e. The number of carbonyl (C=O) groups excluding carboxylic acids is 2. The van der Waals surface area contributed by atoms with Crippen LogP contribution in [0.1, 0.15) is 0 Å². The number of ether oxygens (including phenoxy) is 2. The van der Waals surface area contributed by atoms with Crippen LogP contribution in [0.3, 0.4) is 0 Å². The molecule has 0 unspecified atom stereocenters. The predicted octanol–water partition coefficient (Wildman–Crippen LogP) is -2.22. The summed E-state index contributed by atoms with van der Waals surface area (Å²) >= 11 is 0. The van der Waals surface area contributed by atoms with Gasteiger partial charge < -0.3 is 29.4 Å². The van der Waals surface area contributed by atoms with Crippen LogP contribution in [0.2, 0.25) is 0 Å². The Hall–Kier alpha value is -1.30. The van der Waals surface area contributed by atoms with Crippen LogP contribution in [0.25, 0.3) is 0 Å². The summed E-state index contributed by atoms with van der Waals surface area (Å²) in [6, 6.07) is 0. The van der Waals surface area contributed by atoms with E-state index in [4.69, 9.17) is 29.4 Å². The van der Waals surface area contributed by atoms with Crippen LogP contribution in [0, 0.1) is 0 Å². The number of rotatable bonds is 11. The molecule has 0 aliphatic carbocycles. The summed E-state index contributed by atoms with van der Waals surface area (Å²) in [6.45, 7) is -1.13. The van der Waals surface area contributed by atoms with Crippen molar-refractivity contribution in [3.63, 3.8) is 0 Å². The van der Waals surface area contributed by atoms with Crippen molar-refractivity contribution < 1.29 is 39.0 Å². The lowest BCUT2D eigenvalue weighted by Gasteiger charge is -2.25. The zero-order valence-electron chi connectivity index (χ0n) is 13.2. The first kappa shape index (κ1) is 20.7. The normalized spacial score (nSPS) is 14.0. The lowest BCUT2D eigenvalue weighted by Crippen LogP contribution is -2.48. The van der Waals surface area contributed by atoms with E-state index in [1.54, 1.807) is 0 Å². The zero-order chi connectivity index (χ0) is 17.1. The lowest BCUT2D eigenvalue weighted by atomic mass is 10.2. The van der Waals surface area contributed by atoms with Crippen molar-refractivity contribution in [1.29, 1.82) is 0 Å². The maximum Gasteiger partial charge on any atom is 0.357 e. The molecule has 0 aliphatic rings. The van der Waals surface area contributed by atoms with Gasteiger partial charge in [0.05, 0.1) is 26.4 Å². The molecule has 130 valence electrons. The summed E-state index contributed by atoms with van der Waals surface area (Å²) in [6.07, 6.45) is -2.90. The van der Waals surface area contributed by atoms with Crippen LogP contribution in [0.5, 0.6) is 0 Å². The molecule has 0 heterocycles. The Morgan fingerprint density at radius 1 is 0.818 bits per heavy atom. The molecule has 0 aromatic heterocycles. The smallest absolute Gasteiger partial charge is 0.357 e. The van der Waals surface area contributed by atoms with E-state index in [0.717, 1.165) is 10.1 Å². The Bertz CT molecular complexity index is 305. The average Bonchev–Trinajstić information content (AvgIpc) is 2.40. The second-order valence-electron chi connectivity index (χ2n) is 4.48. The molecule has 0 saturated heterocycles. The van der Waals surface area contributed by atoms with Gasteiger partial charge in [-0.15, -0.1) is 10.1 Å². The first-order valence-electron chi connectivity index (χ1n) is 6.56. The van der Waals surface area contributed by atoms with Crippen LogP contribution in [-0.4, -0.2) is 99.1 Å². The minimum atomic E-state index is -1.45. The van der Waals surface area contributed by atoms with E-state index in [1.165, 1.54) is 28.2 Å². The first-order valence-corrected chi connectivity index (χ1v) is 6.56. The Balaban J connectivity index is 5.13. The molecule has 0 saturated carbocycles. The standard InChI is InChI=1S/C12H24N2O8/c1-13(2)21-11(17)9(19-7-5-15)10(20-8-6-16)12(18)22-14(3)4/h9-10,15-16H,5-8H2,1-4H3/t9-,10-/m1/s1. The van der Waals surface area contributed by atoms with Crippen LogP contribution >= 0.6 is 0 Å². The number of carbonyl (C=O) groups is 2. The summed E-state index contributed by atoms with van der Waals surface area (Å²) in [5.41, 5.74) is 0. The van der Waals surface area contributed by atoms with Crippen molar-refractivity contribution in [2.24, 2.45) is 0 Å². The maximum atomic E-state index is 12.0. The summed E-state index contributed by atoms with van der Waals surface area (Å²) in [7, 11) is 5.90. The van der Waals surface area contributed by atoms with Gasteiger partial charge in [-0.05, 0) is 0 Å². The van der Waals surface area contributed by atoms with Crippen LogP contribution in [0.15, 0.2) is 0 Å². The van der Waals surface area contributed by atoms with E-state index in [-0.39, 0.29) is 26.4 Å². The van der Waals surface area contributed by atoms with Gasteiger partial charge in [-0.25, -0.2) is 9.59 Å². The van der Waals surface area contributed by atoms with E-state index >= 15 is 0 Å². The molecule has 0 fully saturated rings. The zero-order valence-corrected chi connectivity index (χ0v) is 13.2. The number of hydroxylamine groups is 4. The summed E-state index contributed by atoms with van der Waals surface area (Å²) in [4.78, 5) is 33.7. The molecular formula is C12H24N2O8. The van der Waals surface area contributed by atoms with Crippen LogP contribution in [0.4, 0.5) is 0 Å². The molecule has 2 atom stereocenters. The third-order valence-electron chi connectivity index (χ3n) is 2.06. The number of nitrogens with zero attached hydrogens (tertiary/aromatic N) is 2. The molecule has 10 nitrogen and oxygen atoms in total. The molecule has 2 N–H and O–H groups in total. The predicted molar refractivity (Wildman–Crippen MR) is 73.2 cm³/mol. The lowest BCUT2D eigenvalue weighted by molar-refractivity contribution is -0.217. The Kier molecular flexibility index (Phi) is 10.6. The van der Waals surface area contributed by atoms with Gasteiger partial charge in [0.25, 0.3) is 0 Å². The van der Waals surface area contributed by atoms with Gasteiger partial charge in [0.15, 0.2) is 12.2 Å². The maximum absolute atomic E-state index is 12.0. The monoisotopic (exact) mass is 324 g/mol. The summed E-state index contributed by atoms with van der Waals surface area (Å²) in [5.74, 6) is -1.78. The van der Waals surface area contributed by atoms with Crippen LogP contribution < -0.4 is 0 Å². The van der Waals surface area contributed by atoms with Gasteiger partial charge in [-0.3, -0.25) is 0 Å². The summed E-state index contributed by atoms with van der Waals surface area (Å²) in [5, 5.41) is 19.9. The molecule has 0 amide bonds. The fraction of sp³-hybridized carbons (Fsp3) is 0.833. The van der Waals surface area contributed by atoms with E-state index < -0.39 is 24.1 Å². The molecule has 10 heteroatoms. The summed E-state index contributed by atoms with van der Waals surface area (Å²) < 4.78 is 10.3. The quantitative estimate of drug-likeness (QED) is 0.405. The van der Waals surface area contributed by atoms with Gasteiger partial charge in [0.1, 0.15) is 0 Å². The van der Waals surface area contributed by atoms with E-state index in [9.17, 15) is 9.59 Å². The average molecular weight is 324 g/mol. The second kappa shape index (κ2) is 11.3. The molecule has 0 aromatic rings. The van der Waals surface area contributed by atoms with Crippen molar-refractivity contribution >= 4 is 11.9 Å².